The van der Waals surface area contributed by atoms with Crippen LogP contribution in [0.3, 0.4) is 0 Å². The van der Waals surface area contributed by atoms with E-state index in [9.17, 15) is 23.8 Å². The predicted molar refractivity (Wildman–Crippen MR) is 103 cm³/mol. The molecule has 1 amide bonds. The first kappa shape index (κ1) is 19.5. The summed E-state index contributed by atoms with van der Waals surface area (Å²) in [4.78, 5) is 12.4. The Morgan fingerprint density at radius 3 is 2.59 bits per heavy atom. The second kappa shape index (κ2) is 7.20. The zero-order valence-electron chi connectivity index (χ0n) is 15.8. The Bertz CT molecular complexity index is 1080. The first-order valence-corrected chi connectivity index (χ1v) is 9.30. The number of nitrogens with zero attached hydrogens (tertiary/aromatic N) is 2. The zero-order valence-corrected chi connectivity index (χ0v) is 15.8. The lowest BCUT2D eigenvalue weighted by molar-refractivity contribution is -0.0300. The first-order chi connectivity index (χ1) is 13.9. The Kier molecular flexibility index (Phi) is 4.84. The molecule has 1 aliphatic rings. The lowest BCUT2D eigenvalue weighted by Crippen LogP contribution is -2.54. The number of aromatic nitrogens is 2. The minimum absolute atomic E-state index is 0.141. The summed E-state index contributed by atoms with van der Waals surface area (Å²) in [7, 11) is 1.70. The van der Waals surface area contributed by atoms with E-state index in [1.807, 2.05) is 0 Å². The van der Waals surface area contributed by atoms with Crippen molar-refractivity contribution in [2.45, 2.75) is 18.9 Å². The number of aliphatic hydroxyl groups is 2. The van der Waals surface area contributed by atoms with Gasteiger partial charge in [-0.1, -0.05) is 0 Å². The molecule has 0 unspecified atom stereocenters. The van der Waals surface area contributed by atoms with Crippen molar-refractivity contribution in [3.05, 3.63) is 53.6 Å². The standard InChI is InChI=1S/C21H21F2N3O3/c1-26-18-5-3-13(22)7-16(18)19(25-26)15-4-2-12(6-17(15)23)20(29)24-14-8-21(9-14,10-27)11-28/h2-7,14,27-28H,8-11H2,1H3,(H,24,29). The van der Waals surface area contributed by atoms with Gasteiger partial charge in [-0.3, -0.25) is 9.48 Å². The Hall–Kier alpha value is -2.84. The smallest absolute Gasteiger partial charge is 0.251 e. The molecule has 1 aliphatic carbocycles. The van der Waals surface area contributed by atoms with Gasteiger partial charge in [-0.2, -0.15) is 5.10 Å². The zero-order chi connectivity index (χ0) is 20.8. The summed E-state index contributed by atoms with van der Waals surface area (Å²) in [6.45, 7) is -0.282. The van der Waals surface area contributed by atoms with Crippen molar-refractivity contribution in [3.63, 3.8) is 0 Å². The second-order valence-electron chi connectivity index (χ2n) is 7.72. The molecule has 0 saturated heterocycles. The van der Waals surface area contributed by atoms with Crippen LogP contribution in [0.25, 0.3) is 22.2 Å². The van der Waals surface area contributed by atoms with Crippen molar-refractivity contribution in [1.29, 1.82) is 0 Å². The van der Waals surface area contributed by atoms with Gasteiger partial charge in [-0.15, -0.1) is 0 Å². The summed E-state index contributed by atoms with van der Waals surface area (Å²) in [6.07, 6.45) is 0.940. The molecule has 0 radical (unpaired) electrons. The highest BCUT2D eigenvalue weighted by Crippen LogP contribution is 2.40. The van der Waals surface area contributed by atoms with Gasteiger partial charge in [0.1, 0.15) is 17.3 Å². The fourth-order valence-corrected chi connectivity index (χ4v) is 3.95. The molecule has 1 aromatic heterocycles. The van der Waals surface area contributed by atoms with Crippen LogP contribution in [0, 0.1) is 17.0 Å². The van der Waals surface area contributed by atoms with E-state index in [0.29, 0.717) is 29.4 Å². The number of aliphatic hydroxyl groups excluding tert-OH is 2. The highest BCUT2D eigenvalue weighted by molar-refractivity contribution is 5.97. The normalized spacial score (nSPS) is 16.0. The summed E-state index contributed by atoms with van der Waals surface area (Å²) >= 11 is 0. The molecule has 152 valence electrons. The average Bonchev–Trinajstić information content (AvgIpc) is 2.99. The van der Waals surface area contributed by atoms with Crippen LogP contribution in [0.1, 0.15) is 23.2 Å². The highest BCUT2D eigenvalue weighted by Gasteiger charge is 2.44. The van der Waals surface area contributed by atoms with Crippen molar-refractivity contribution < 1.29 is 23.8 Å². The van der Waals surface area contributed by atoms with Crippen LogP contribution in [-0.2, 0) is 7.05 Å². The molecule has 29 heavy (non-hydrogen) atoms. The molecule has 2 aromatic carbocycles. The van der Waals surface area contributed by atoms with Gasteiger partial charge in [0.25, 0.3) is 5.91 Å². The van der Waals surface area contributed by atoms with E-state index >= 15 is 0 Å². The third kappa shape index (κ3) is 3.38. The van der Waals surface area contributed by atoms with Crippen molar-refractivity contribution in [3.8, 4) is 11.3 Å². The van der Waals surface area contributed by atoms with E-state index in [2.05, 4.69) is 10.4 Å². The maximum atomic E-state index is 14.8. The molecule has 6 nitrogen and oxygen atoms in total. The number of hydrogen-bond donors (Lipinski definition) is 3. The number of halogens is 2. The van der Waals surface area contributed by atoms with E-state index in [4.69, 9.17) is 0 Å². The molecular weight excluding hydrogens is 380 g/mol. The molecule has 0 atom stereocenters. The molecule has 4 rings (SSSR count). The topological polar surface area (TPSA) is 87.4 Å². The highest BCUT2D eigenvalue weighted by atomic mass is 19.1. The number of carbonyl (C=O) groups excluding carboxylic acids is 1. The molecule has 8 heteroatoms. The molecule has 3 N–H and O–H groups in total. The third-order valence-corrected chi connectivity index (χ3v) is 5.66. The molecule has 0 aliphatic heterocycles. The van der Waals surface area contributed by atoms with E-state index in [1.165, 1.54) is 24.3 Å². The van der Waals surface area contributed by atoms with E-state index < -0.39 is 23.0 Å². The maximum Gasteiger partial charge on any atom is 0.251 e. The van der Waals surface area contributed by atoms with Crippen LogP contribution in [-0.4, -0.2) is 45.2 Å². The van der Waals surface area contributed by atoms with Crippen molar-refractivity contribution >= 4 is 16.8 Å². The molecule has 1 saturated carbocycles. The van der Waals surface area contributed by atoms with Crippen molar-refractivity contribution in [2.24, 2.45) is 12.5 Å². The second-order valence-corrected chi connectivity index (χ2v) is 7.72. The SMILES string of the molecule is Cn1nc(-c2ccc(C(=O)NC3CC(CO)(CO)C3)cc2F)c2cc(F)ccc21. The van der Waals surface area contributed by atoms with E-state index in [0.717, 1.165) is 6.07 Å². The number of rotatable bonds is 5. The largest absolute Gasteiger partial charge is 0.396 e. The molecule has 0 bridgehead atoms. The predicted octanol–water partition coefficient (Wildman–Crippen LogP) is 2.38. The molecular formula is C21H21F2N3O3. The number of benzene rings is 2. The molecule has 1 heterocycles. The Morgan fingerprint density at radius 2 is 1.93 bits per heavy atom. The van der Waals surface area contributed by atoms with Crippen LogP contribution in [0.15, 0.2) is 36.4 Å². The van der Waals surface area contributed by atoms with Crippen LogP contribution in [0.5, 0.6) is 0 Å². The minimum Gasteiger partial charge on any atom is -0.396 e. The summed E-state index contributed by atoms with van der Waals surface area (Å²) < 4.78 is 30.0. The molecule has 3 aromatic rings. The fraction of sp³-hybridized carbons (Fsp3) is 0.333. The molecule has 0 spiro atoms. The van der Waals surface area contributed by atoms with Crippen LogP contribution >= 0.6 is 0 Å². The van der Waals surface area contributed by atoms with Gasteiger partial charge in [-0.25, -0.2) is 8.78 Å². The summed E-state index contributed by atoms with van der Waals surface area (Å²) in [5.74, 6) is -1.50. The number of carbonyl (C=O) groups is 1. The third-order valence-electron chi connectivity index (χ3n) is 5.66. The lowest BCUT2D eigenvalue weighted by atomic mass is 9.66. The van der Waals surface area contributed by atoms with Crippen molar-refractivity contribution in [1.82, 2.24) is 15.1 Å². The average molecular weight is 401 g/mol. The van der Waals surface area contributed by atoms with Gasteiger partial charge >= 0.3 is 0 Å². The van der Waals surface area contributed by atoms with Gasteiger partial charge in [0.2, 0.25) is 0 Å². The van der Waals surface area contributed by atoms with Gasteiger partial charge in [-0.05, 0) is 49.2 Å². The summed E-state index contributed by atoms with van der Waals surface area (Å²) in [5, 5.41) is 26.2. The molecule has 1 fully saturated rings. The van der Waals surface area contributed by atoms with E-state index in [1.54, 1.807) is 17.8 Å². The fourth-order valence-electron chi connectivity index (χ4n) is 3.95. The summed E-state index contributed by atoms with van der Waals surface area (Å²) in [5.41, 5.74) is 0.761. The number of fused-ring (bicyclic) bond motifs is 1. The van der Waals surface area contributed by atoms with Gasteiger partial charge in [0, 0.05) is 35.0 Å². The van der Waals surface area contributed by atoms with E-state index in [-0.39, 0.29) is 30.4 Å². The number of hydrogen-bond acceptors (Lipinski definition) is 4. The minimum atomic E-state index is -0.629. The number of aryl methyl sites for hydroxylation is 1. The van der Waals surface area contributed by atoms with Crippen LogP contribution in [0.4, 0.5) is 8.78 Å². The summed E-state index contributed by atoms with van der Waals surface area (Å²) in [6, 6.07) is 8.13. The van der Waals surface area contributed by atoms with Crippen LogP contribution < -0.4 is 5.32 Å². The maximum absolute atomic E-state index is 14.8. The monoisotopic (exact) mass is 401 g/mol. The lowest BCUT2D eigenvalue weighted by Gasteiger charge is -2.45. The number of amides is 1. The van der Waals surface area contributed by atoms with Gasteiger partial charge in [0.15, 0.2) is 0 Å². The Morgan fingerprint density at radius 1 is 1.21 bits per heavy atom. The Balaban J connectivity index is 1.56. The Labute approximate surface area is 165 Å². The quantitative estimate of drug-likeness (QED) is 0.613. The van der Waals surface area contributed by atoms with Gasteiger partial charge in [0.05, 0.1) is 18.7 Å². The van der Waals surface area contributed by atoms with Gasteiger partial charge < -0.3 is 15.5 Å². The van der Waals surface area contributed by atoms with Crippen LogP contribution in [0.2, 0.25) is 0 Å². The first-order valence-electron chi connectivity index (χ1n) is 9.30. The van der Waals surface area contributed by atoms with Crippen molar-refractivity contribution in [2.75, 3.05) is 13.2 Å². The number of nitrogens with one attached hydrogen (secondary N) is 1.